The van der Waals surface area contributed by atoms with Crippen molar-refractivity contribution >= 4 is 23.4 Å². The van der Waals surface area contributed by atoms with E-state index >= 15 is 0 Å². The van der Waals surface area contributed by atoms with Crippen LogP contribution in [0.25, 0.3) is 0 Å². The highest BCUT2D eigenvalue weighted by molar-refractivity contribution is 6.30. The van der Waals surface area contributed by atoms with Gasteiger partial charge in [-0.15, -0.1) is 0 Å². The first-order valence-corrected chi connectivity index (χ1v) is 10.1. The standard InChI is InChI=1S/C19H30ClN5O2/c1-22(2)10-11-24-15-19(7-4-17(24)26)6-3-8-23(14-19)18(27)5-9-25-13-16(20)12-21-25/h12-13H,3-11,14-15H2,1-2H3. The number of piperidine rings is 2. The molecule has 27 heavy (non-hydrogen) atoms. The number of aryl methyl sites for hydroxylation is 1. The lowest BCUT2D eigenvalue weighted by molar-refractivity contribution is -0.143. The highest BCUT2D eigenvalue weighted by atomic mass is 35.5. The molecule has 2 fully saturated rings. The van der Waals surface area contributed by atoms with Gasteiger partial charge in [-0.1, -0.05) is 11.6 Å². The SMILES string of the molecule is CN(C)CCN1CC2(CCCN(C(=O)CCn3cc(Cl)cn3)C2)CCC1=O. The van der Waals surface area contributed by atoms with Crippen LogP contribution in [0.2, 0.25) is 5.02 Å². The molecule has 0 bridgehead atoms. The number of amides is 2. The zero-order chi connectivity index (χ0) is 19.4. The molecule has 0 radical (unpaired) electrons. The molecule has 0 aliphatic carbocycles. The Bertz CT molecular complexity index is 677. The first kappa shape index (κ1) is 20.1. The molecule has 1 atom stereocenters. The molecule has 1 aromatic rings. The van der Waals surface area contributed by atoms with E-state index in [9.17, 15) is 9.59 Å². The minimum absolute atomic E-state index is 0.0587. The second-order valence-electron chi connectivity index (χ2n) is 8.21. The van der Waals surface area contributed by atoms with Gasteiger partial charge in [-0.05, 0) is 33.4 Å². The van der Waals surface area contributed by atoms with Gasteiger partial charge in [-0.3, -0.25) is 14.3 Å². The Morgan fingerprint density at radius 1 is 1.30 bits per heavy atom. The summed E-state index contributed by atoms with van der Waals surface area (Å²) in [7, 11) is 4.05. The molecule has 150 valence electrons. The van der Waals surface area contributed by atoms with Crippen LogP contribution in [0.15, 0.2) is 12.4 Å². The van der Waals surface area contributed by atoms with Crippen LogP contribution in [-0.4, -0.2) is 83.1 Å². The molecule has 1 aromatic heterocycles. The molecule has 0 saturated carbocycles. The minimum Gasteiger partial charge on any atom is -0.342 e. The van der Waals surface area contributed by atoms with E-state index in [1.54, 1.807) is 17.1 Å². The largest absolute Gasteiger partial charge is 0.342 e. The monoisotopic (exact) mass is 395 g/mol. The van der Waals surface area contributed by atoms with Gasteiger partial charge in [-0.2, -0.15) is 5.10 Å². The van der Waals surface area contributed by atoms with Crippen molar-refractivity contribution in [1.82, 2.24) is 24.5 Å². The van der Waals surface area contributed by atoms with Crippen LogP contribution in [-0.2, 0) is 16.1 Å². The van der Waals surface area contributed by atoms with Crippen LogP contribution in [0.3, 0.4) is 0 Å². The van der Waals surface area contributed by atoms with Crippen LogP contribution in [0.4, 0.5) is 0 Å². The Balaban J connectivity index is 1.57. The maximum absolute atomic E-state index is 12.7. The van der Waals surface area contributed by atoms with Crippen LogP contribution >= 0.6 is 11.6 Å². The number of aromatic nitrogens is 2. The summed E-state index contributed by atoms with van der Waals surface area (Å²) in [5, 5.41) is 4.72. The van der Waals surface area contributed by atoms with E-state index in [0.29, 0.717) is 24.4 Å². The topological polar surface area (TPSA) is 61.7 Å². The zero-order valence-electron chi connectivity index (χ0n) is 16.4. The van der Waals surface area contributed by atoms with Crippen molar-refractivity contribution in [3.8, 4) is 0 Å². The van der Waals surface area contributed by atoms with Crippen molar-refractivity contribution in [2.45, 2.75) is 38.6 Å². The molecule has 1 unspecified atom stereocenters. The van der Waals surface area contributed by atoms with Crippen LogP contribution in [0.1, 0.15) is 32.1 Å². The normalized spacial score (nSPS) is 23.5. The summed E-state index contributed by atoms with van der Waals surface area (Å²) < 4.78 is 1.71. The number of nitrogens with zero attached hydrogens (tertiary/aromatic N) is 5. The number of carbonyl (C=O) groups excluding carboxylic acids is 2. The number of likely N-dealkylation sites (tertiary alicyclic amines) is 2. The Morgan fingerprint density at radius 2 is 2.11 bits per heavy atom. The Morgan fingerprint density at radius 3 is 2.81 bits per heavy atom. The molecule has 7 nitrogen and oxygen atoms in total. The van der Waals surface area contributed by atoms with Crippen molar-refractivity contribution in [2.24, 2.45) is 5.41 Å². The molecule has 3 rings (SSSR count). The van der Waals surface area contributed by atoms with E-state index in [-0.39, 0.29) is 17.2 Å². The minimum atomic E-state index is 0.0587. The quantitative estimate of drug-likeness (QED) is 0.735. The van der Waals surface area contributed by atoms with E-state index in [4.69, 9.17) is 11.6 Å². The van der Waals surface area contributed by atoms with Crippen molar-refractivity contribution in [2.75, 3.05) is 46.8 Å². The summed E-state index contributed by atoms with van der Waals surface area (Å²) in [6.45, 7) is 4.53. The van der Waals surface area contributed by atoms with Gasteiger partial charge in [0.2, 0.25) is 11.8 Å². The number of hydrogen-bond donors (Lipinski definition) is 0. The molecule has 2 saturated heterocycles. The second-order valence-corrected chi connectivity index (χ2v) is 8.65. The Hall–Kier alpha value is -1.60. The number of carbonyl (C=O) groups is 2. The Kier molecular flexibility index (Phi) is 6.42. The van der Waals surface area contributed by atoms with Crippen LogP contribution in [0.5, 0.6) is 0 Å². The zero-order valence-corrected chi connectivity index (χ0v) is 17.1. The van der Waals surface area contributed by atoms with Gasteiger partial charge >= 0.3 is 0 Å². The number of hydrogen-bond acceptors (Lipinski definition) is 4. The van der Waals surface area contributed by atoms with Crippen molar-refractivity contribution in [3.05, 3.63) is 17.4 Å². The summed E-state index contributed by atoms with van der Waals surface area (Å²) in [6.07, 6.45) is 7.35. The number of halogens is 1. The summed E-state index contributed by atoms with van der Waals surface area (Å²) in [5.74, 6) is 0.416. The Labute approximate surface area is 166 Å². The summed E-state index contributed by atoms with van der Waals surface area (Å²) in [6, 6.07) is 0. The lowest BCUT2D eigenvalue weighted by atomic mass is 9.73. The van der Waals surface area contributed by atoms with Crippen molar-refractivity contribution < 1.29 is 9.59 Å². The maximum atomic E-state index is 12.7. The molecule has 0 aromatic carbocycles. The third-order valence-electron chi connectivity index (χ3n) is 5.74. The summed E-state index contributed by atoms with van der Waals surface area (Å²) in [5.41, 5.74) is 0.0587. The molecule has 0 N–H and O–H groups in total. The highest BCUT2D eigenvalue weighted by Gasteiger charge is 2.42. The van der Waals surface area contributed by atoms with Gasteiger partial charge in [0.05, 0.1) is 11.2 Å². The van der Waals surface area contributed by atoms with Gasteiger partial charge < -0.3 is 14.7 Å². The number of likely N-dealkylation sites (N-methyl/N-ethyl adjacent to an activating group) is 1. The van der Waals surface area contributed by atoms with E-state index in [0.717, 1.165) is 52.0 Å². The van der Waals surface area contributed by atoms with E-state index in [2.05, 4.69) is 10.00 Å². The molecular formula is C19H30ClN5O2. The molecule has 1 spiro atoms. The lowest BCUT2D eigenvalue weighted by Crippen LogP contribution is -2.55. The average Bonchev–Trinajstić information content (AvgIpc) is 3.06. The molecule has 2 aliphatic heterocycles. The van der Waals surface area contributed by atoms with E-state index in [1.807, 2.05) is 23.9 Å². The number of rotatable bonds is 6. The lowest BCUT2D eigenvalue weighted by Gasteiger charge is -2.48. The molecule has 3 heterocycles. The average molecular weight is 396 g/mol. The third kappa shape index (κ3) is 5.23. The fourth-order valence-corrected chi connectivity index (χ4v) is 4.37. The smallest absolute Gasteiger partial charge is 0.224 e. The van der Waals surface area contributed by atoms with Crippen LogP contribution in [0, 0.1) is 5.41 Å². The van der Waals surface area contributed by atoms with Crippen molar-refractivity contribution in [3.63, 3.8) is 0 Å². The first-order chi connectivity index (χ1) is 12.9. The molecule has 2 amide bonds. The molecule has 2 aliphatic rings. The van der Waals surface area contributed by atoms with E-state index in [1.165, 1.54) is 0 Å². The predicted molar refractivity (Wildman–Crippen MR) is 104 cm³/mol. The summed E-state index contributed by atoms with van der Waals surface area (Å²) >= 11 is 5.88. The maximum Gasteiger partial charge on any atom is 0.224 e. The van der Waals surface area contributed by atoms with Gasteiger partial charge in [0.15, 0.2) is 0 Å². The fourth-order valence-electron chi connectivity index (χ4n) is 4.21. The third-order valence-corrected chi connectivity index (χ3v) is 5.93. The van der Waals surface area contributed by atoms with Crippen LogP contribution < -0.4 is 0 Å². The fraction of sp³-hybridized carbons (Fsp3) is 0.737. The van der Waals surface area contributed by atoms with Gasteiger partial charge in [0.25, 0.3) is 0 Å². The van der Waals surface area contributed by atoms with E-state index < -0.39 is 0 Å². The van der Waals surface area contributed by atoms with Gasteiger partial charge in [-0.25, -0.2) is 0 Å². The predicted octanol–water partition coefficient (Wildman–Crippen LogP) is 1.72. The summed E-state index contributed by atoms with van der Waals surface area (Å²) in [4.78, 5) is 31.1. The van der Waals surface area contributed by atoms with Gasteiger partial charge in [0.1, 0.15) is 0 Å². The molecule has 8 heteroatoms. The second kappa shape index (κ2) is 8.61. The van der Waals surface area contributed by atoms with Gasteiger partial charge in [0, 0.05) is 63.7 Å². The molecular weight excluding hydrogens is 366 g/mol. The highest BCUT2D eigenvalue weighted by Crippen LogP contribution is 2.39. The first-order valence-electron chi connectivity index (χ1n) is 9.75. The van der Waals surface area contributed by atoms with Crippen molar-refractivity contribution in [1.29, 1.82) is 0 Å².